The molecule has 1 aliphatic rings. The summed E-state index contributed by atoms with van der Waals surface area (Å²) in [6.07, 6.45) is 2.82. The Morgan fingerprint density at radius 1 is 1.53 bits per heavy atom. The van der Waals surface area contributed by atoms with Gasteiger partial charge in [0.25, 0.3) is 5.91 Å². The molecule has 6 heteroatoms. The van der Waals surface area contributed by atoms with Crippen molar-refractivity contribution < 1.29 is 14.7 Å². The lowest BCUT2D eigenvalue weighted by molar-refractivity contribution is -0.137. The van der Waals surface area contributed by atoms with E-state index in [0.717, 1.165) is 28.7 Å². The number of carboxylic acids is 1. The molecule has 2 heterocycles. The topological polar surface area (TPSA) is 57.6 Å². The first-order valence-electron chi connectivity index (χ1n) is 6.32. The molecule has 1 atom stereocenters. The van der Waals surface area contributed by atoms with Gasteiger partial charge in [-0.2, -0.15) is 0 Å². The third-order valence-electron chi connectivity index (χ3n) is 3.38. The van der Waals surface area contributed by atoms with E-state index in [-0.39, 0.29) is 12.3 Å². The van der Waals surface area contributed by atoms with E-state index in [9.17, 15) is 9.59 Å². The average Bonchev–Trinajstić information content (AvgIpc) is 2.82. The van der Waals surface area contributed by atoms with Crippen LogP contribution >= 0.6 is 27.3 Å². The maximum absolute atomic E-state index is 12.4. The number of thiophene rings is 1. The Balaban J connectivity index is 1.95. The number of carbonyl (C=O) groups excluding carboxylic acids is 1. The van der Waals surface area contributed by atoms with Crippen molar-refractivity contribution in [2.45, 2.75) is 25.7 Å². The second-order valence-electron chi connectivity index (χ2n) is 4.79. The lowest BCUT2D eigenvalue weighted by Crippen LogP contribution is -2.39. The first kappa shape index (κ1) is 14.5. The van der Waals surface area contributed by atoms with E-state index >= 15 is 0 Å². The average molecular weight is 346 g/mol. The van der Waals surface area contributed by atoms with Crippen LogP contribution < -0.4 is 0 Å². The third kappa shape index (κ3) is 3.79. The minimum atomic E-state index is -0.760. The quantitative estimate of drug-likeness (QED) is 0.911. The number of rotatable bonds is 4. The smallest absolute Gasteiger partial charge is 0.303 e. The van der Waals surface area contributed by atoms with Crippen molar-refractivity contribution in [2.75, 3.05) is 13.1 Å². The maximum atomic E-state index is 12.4. The molecule has 1 amide bonds. The van der Waals surface area contributed by atoms with E-state index in [1.165, 1.54) is 11.3 Å². The Labute approximate surface area is 124 Å². The Morgan fingerprint density at radius 3 is 2.95 bits per heavy atom. The first-order valence-corrected chi connectivity index (χ1v) is 7.99. The molecule has 1 fully saturated rings. The second kappa shape index (κ2) is 6.52. The van der Waals surface area contributed by atoms with Gasteiger partial charge in [0.2, 0.25) is 0 Å². The van der Waals surface area contributed by atoms with E-state index in [2.05, 4.69) is 15.9 Å². The van der Waals surface area contributed by atoms with Gasteiger partial charge in [-0.3, -0.25) is 9.59 Å². The predicted molar refractivity (Wildman–Crippen MR) is 77.5 cm³/mol. The highest BCUT2D eigenvalue weighted by molar-refractivity contribution is 9.10. The van der Waals surface area contributed by atoms with Crippen LogP contribution in [0.2, 0.25) is 0 Å². The highest BCUT2D eigenvalue weighted by Crippen LogP contribution is 2.27. The number of hydrogen-bond acceptors (Lipinski definition) is 3. The van der Waals surface area contributed by atoms with Crippen LogP contribution in [0.5, 0.6) is 0 Å². The van der Waals surface area contributed by atoms with Gasteiger partial charge in [0, 0.05) is 24.0 Å². The van der Waals surface area contributed by atoms with Crippen molar-refractivity contribution >= 4 is 39.1 Å². The third-order valence-corrected chi connectivity index (χ3v) is 5.21. The molecule has 0 radical (unpaired) electrons. The van der Waals surface area contributed by atoms with Gasteiger partial charge in [0.1, 0.15) is 4.88 Å². The summed E-state index contributed by atoms with van der Waals surface area (Å²) in [5, 5.41) is 10.6. The number of aliphatic carboxylic acids is 1. The molecule has 0 aliphatic carbocycles. The van der Waals surface area contributed by atoms with Crippen molar-refractivity contribution in [3.05, 3.63) is 20.8 Å². The molecule has 0 bridgehead atoms. The minimum Gasteiger partial charge on any atom is -0.481 e. The van der Waals surface area contributed by atoms with Crippen molar-refractivity contribution in [1.82, 2.24) is 4.90 Å². The molecule has 1 aromatic heterocycles. The monoisotopic (exact) mass is 345 g/mol. The molecular formula is C13H16BrNO3S. The summed E-state index contributed by atoms with van der Waals surface area (Å²) in [6.45, 7) is 1.45. The van der Waals surface area contributed by atoms with Crippen LogP contribution in [0.25, 0.3) is 0 Å². The van der Waals surface area contributed by atoms with Crippen molar-refractivity contribution in [3.63, 3.8) is 0 Å². The summed E-state index contributed by atoms with van der Waals surface area (Å²) in [7, 11) is 0. The molecule has 104 valence electrons. The number of carbonyl (C=O) groups is 2. The number of halogens is 1. The molecule has 0 spiro atoms. The van der Waals surface area contributed by atoms with Crippen LogP contribution in [0.15, 0.2) is 15.9 Å². The first-order chi connectivity index (χ1) is 9.08. The summed E-state index contributed by atoms with van der Waals surface area (Å²) in [5.41, 5.74) is 0. The number of piperidine rings is 1. The van der Waals surface area contributed by atoms with Crippen LogP contribution in [-0.4, -0.2) is 35.0 Å². The molecular weight excluding hydrogens is 330 g/mol. The number of carboxylic acid groups (broad SMARTS) is 1. The minimum absolute atomic E-state index is 0.0573. The largest absolute Gasteiger partial charge is 0.481 e. The van der Waals surface area contributed by atoms with E-state index in [1.807, 2.05) is 16.3 Å². The van der Waals surface area contributed by atoms with Gasteiger partial charge in [-0.1, -0.05) is 0 Å². The van der Waals surface area contributed by atoms with Crippen molar-refractivity contribution in [2.24, 2.45) is 5.92 Å². The Morgan fingerprint density at radius 2 is 2.32 bits per heavy atom. The van der Waals surface area contributed by atoms with Gasteiger partial charge in [0.15, 0.2) is 0 Å². The summed E-state index contributed by atoms with van der Waals surface area (Å²) in [4.78, 5) is 25.5. The second-order valence-corrected chi connectivity index (χ2v) is 6.56. The van der Waals surface area contributed by atoms with E-state index in [1.54, 1.807) is 0 Å². The number of hydrogen-bond donors (Lipinski definition) is 1. The summed E-state index contributed by atoms with van der Waals surface area (Å²) < 4.78 is 0.843. The summed E-state index contributed by atoms with van der Waals surface area (Å²) in [6, 6.07) is 1.88. The SMILES string of the molecule is O=C(O)CC[C@@H]1CCCN(C(=O)c2sccc2Br)C1. The van der Waals surface area contributed by atoms with Gasteiger partial charge in [-0.15, -0.1) is 11.3 Å². The zero-order valence-corrected chi connectivity index (χ0v) is 12.9. The molecule has 4 nitrogen and oxygen atoms in total. The Kier molecular flexibility index (Phi) is 4.99. The molecule has 1 N–H and O–H groups in total. The zero-order chi connectivity index (χ0) is 13.8. The van der Waals surface area contributed by atoms with Gasteiger partial charge < -0.3 is 10.0 Å². The highest BCUT2D eigenvalue weighted by atomic mass is 79.9. The highest BCUT2D eigenvalue weighted by Gasteiger charge is 2.26. The molecule has 0 aromatic carbocycles. The van der Waals surface area contributed by atoms with Crippen LogP contribution in [0, 0.1) is 5.92 Å². The fourth-order valence-electron chi connectivity index (χ4n) is 2.40. The lowest BCUT2D eigenvalue weighted by atomic mass is 9.93. The molecule has 0 unspecified atom stereocenters. The molecule has 2 rings (SSSR count). The van der Waals surface area contributed by atoms with Crippen LogP contribution in [-0.2, 0) is 4.79 Å². The standard InChI is InChI=1S/C13H16BrNO3S/c14-10-5-7-19-12(10)13(18)15-6-1-2-9(8-15)3-4-11(16)17/h5,7,9H,1-4,6,8H2,(H,16,17)/t9-/m0/s1. The van der Waals surface area contributed by atoms with E-state index in [4.69, 9.17) is 5.11 Å². The molecule has 0 saturated carbocycles. The maximum Gasteiger partial charge on any atom is 0.303 e. The Bertz CT molecular complexity index is 474. The molecule has 1 aromatic rings. The van der Waals surface area contributed by atoms with Crippen LogP contribution in [0.4, 0.5) is 0 Å². The fourth-order valence-corrected chi connectivity index (χ4v) is 3.91. The predicted octanol–water partition coefficient (Wildman–Crippen LogP) is 3.23. The van der Waals surface area contributed by atoms with E-state index < -0.39 is 5.97 Å². The number of amides is 1. The fraction of sp³-hybridized carbons (Fsp3) is 0.538. The number of likely N-dealkylation sites (tertiary alicyclic amines) is 1. The Hall–Kier alpha value is -0.880. The molecule has 1 saturated heterocycles. The summed E-state index contributed by atoms with van der Waals surface area (Å²) in [5.74, 6) is -0.390. The normalized spacial score (nSPS) is 19.4. The van der Waals surface area contributed by atoms with Gasteiger partial charge in [-0.05, 0) is 52.6 Å². The summed E-state index contributed by atoms with van der Waals surface area (Å²) >= 11 is 4.82. The lowest BCUT2D eigenvalue weighted by Gasteiger charge is -2.32. The van der Waals surface area contributed by atoms with Gasteiger partial charge >= 0.3 is 5.97 Å². The molecule has 1 aliphatic heterocycles. The molecule has 19 heavy (non-hydrogen) atoms. The van der Waals surface area contributed by atoms with Crippen LogP contribution in [0.1, 0.15) is 35.4 Å². The zero-order valence-electron chi connectivity index (χ0n) is 10.5. The van der Waals surface area contributed by atoms with Crippen molar-refractivity contribution in [3.8, 4) is 0 Å². The van der Waals surface area contributed by atoms with Gasteiger partial charge in [-0.25, -0.2) is 0 Å². The number of nitrogens with zero attached hydrogens (tertiary/aromatic N) is 1. The van der Waals surface area contributed by atoms with Crippen LogP contribution in [0.3, 0.4) is 0 Å². The van der Waals surface area contributed by atoms with E-state index in [0.29, 0.717) is 18.9 Å². The van der Waals surface area contributed by atoms with Gasteiger partial charge in [0.05, 0.1) is 0 Å². The van der Waals surface area contributed by atoms with Crippen molar-refractivity contribution in [1.29, 1.82) is 0 Å².